The van der Waals surface area contributed by atoms with Crippen molar-refractivity contribution >= 4 is 5.69 Å². The summed E-state index contributed by atoms with van der Waals surface area (Å²) in [6.45, 7) is 0.438. The highest BCUT2D eigenvalue weighted by molar-refractivity contribution is 5.41. The maximum absolute atomic E-state index is 13.4. The zero-order valence-corrected chi connectivity index (χ0v) is 9.28. The lowest BCUT2D eigenvalue weighted by Crippen LogP contribution is -2.02. The third-order valence-electron chi connectivity index (χ3n) is 2.33. The van der Waals surface area contributed by atoms with Crippen molar-refractivity contribution in [1.82, 2.24) is 15.0 Å². The molecule has 1 aromatic carbocycles. The minimum Gasteiger partial charge on any atom is -0.330 e. The number of nitrogens with zero attached hydrogens (tertiary/aromatic N) is 4. The zero-order chi connectivity index (χ0) is 13.1. The smallest absolute Gasteiger partial charge is 0.304 e. The van der Waals surface area contributed by atoms with Gasteiger partial charge in [0.05, 0.1) is 22.5 Å². The van der Waals surface area contributed by atoms with Crippen molar-refractivity contribution in [3.63, 3.8) is 0 Å². The van der Waals surface area contributed by atoms with Gasteiger partial charge in [0.25, 0.3) is 0 Å². The first kappa shape index (κ1) is 12.1. The van der Waals surface area contributed by atoms with Crippen LogP contribution in [0.15, 0.2) is 24.4 Å². The quantitative estimate of drug-likeness (QED) is 0.640. The third kappa shape index (κ3) is 2.33. The SMILES string of the molecule is NCCc1cn(-c2ccc([N+](=O)[O-])c(F)c2)nn1. The summed E-state index contributed by atoms with van der Waals surface area (Å²) in [5.74, 6) is -0.909. The molecule has 18 heavy (non-hydrogen) atoms. The molecule has 94 valence electrons. The van der Waals surface area contributed by atoms with E-state index in [0.717, 1.165) is 12.1 Å². The van der Waals surface area contributed by atoms with Gasteiger partial charge in [-0.25, -0.2) is 4.68 Å². The Morgan fingerprint density at radius 2 is 2.28 bits per heavy atom. The van der Waals surface area contributed by atoms with E-state index < -0.39 is 16.4 Å². The molecule has 1 aromatic heterocycles. The number of halogens is 1. The van der Waals surface area contributed by atoms with E-state index in [1.54, 1.807) is 6.20 Å². The predicted octanol–water partition coefficient (Wildman–Crippen LogP) is 0.816. The fourth-order valence-corrected chi connectivity index (χ4v) is 1.47. The van der Waals surface area contributed by atoms with Crippen LogP contribution in [0.25, 0.3) is 5.69 Å². The molecule has 0 bridgehead atoms. The Labute approximate surface area is 101 Å². The molecule has 8 heteroatoms. The monoisotopic (exact) mass is 251 g/mol. The lowest BCUT2D eigenvalue weighted by atomic mass is 10.2. The molecule has 1 heterocycles. The van der Waals surface area contributed by atoms with Crippen molar-refractivity contribution in [3.05, 3.63) is 46.0 Å². The largest absolute Gasteiger partial charge is 0.330 e. The number of rotatable bonds is 4. The van der Waals surface area contributed by atoms with Crippen molar-refractivity contribution < 1.29 is 9.31 Å². The van der Waals surface area contributed by atoms with Crippen LogP contribution < -0.4 is 5.73 Å². The molecule has 0 spiro atoms. The van der Waals surface area contributed by atoms with Crippen molar-refractivity contribution in [1.29, 1.82) is 0 Å². The second kappa shape index (κ2) is 4.88. The van der Waals surface area contributed by atoms with E-state index >= 15 is 0 Å². The van der Waals surface area contributed by atoms with Gasteiger partial charge in [-0.1, -0.05) is 5.21 Å². The standard InChI is InChI=1S/C10H10FN5O2/c11-9-5-8(1-2-10(9)16(17)18)15-6-7(3-4-12)13-14-15/h1-2,5-6H,3-4,12H2. The van der Waals surface area contributed by atoms with Gasteiger partial charge < -0.3 is 5.73 Å². The van der Waals surface area contributed by atoms with E-state index in [1.807, 2.05) is 0 Å². The van der Waals surface area contributed by atoms with Gasteiger partial charge in [-0.2, -0.15) is 4.39 Å². The fraction of sp³-hybridized carbons (Fsp3) is 0.200. The van der Waals surface area contributed by atoms with E-state index in [1.165, 1.54) is 10.7 Å². The second-order valence-corrected chi connectivity index (χ2v) is 3.59. The number of hydrogen-bond acceptors (Lipinski definition) is 5. The van der Waals surface area contributed by atoms with E-state index in [9.17, 15) is 14.5 Å². The van der Waals surface area contributed by atoms with Crippen molar-refractivity contribution in [2.24, 2.45) is 5.73 Å². The van der Waals surface area contributed by atoms with Gasteiger partial charge in [0.1, 0.15) is 0 Å². The van der Waals surface area contributed by atoms with Crippen LogP contribution in [0.5, 0.6) is 0 Å². The molecule has 2 aromatic rings. The van der Waals surface area contributed by atoms with Gasteiger partial charge in [0.2, 0.25) is 5.82 Å². The van der Waals surface area contributed by atoms with Crippen LogP contribution in [-0.2, 0) is 6.42 Å². The van der Waals surface area contributed by atoms with E-state index in [0.29, 0.717) is 24.3 Å². The summed E-state index contributed by atoms with van der Waals surface area (Å²) in [6.07, 6.45) is 2.17. The summed E-state index contributed by atoms with van der Waals surface area (Å²) in [4.78, 5) is 9.70. The maximum Gasteiger partial charge on any atom is 0.304 e. The summed E-state index contributed by atoms with van der Waals surface area (Å²) < 4.78 is 14.8. The Bertz CT molecular complexity index is 583. The summed E-state index contributed by atoms with van der Waals surface area (Å²) in [5, 5.41) is 18.1. The predicted molar refractivity (Wildman–Crippen MR) is 60.7 cm³/mol. The lowest BCUT2D eigenvalue weighted by molar-refractivity contribution is -0.387. The minimum atomic E-state index is -0.909. The van der Waals surface area contributed by atoms with Crippen LogP contribution in [0.3, 0.4) is 0 Å². The first-order valence-corrected chi connectivity index (χ1v) is 5.17. The molecule has 0 saturated heterocycles. The Hall–Kier alpha value is -2.35. The van der Waals surface area contributed by atoms with Gasteiger partial charge in [0.15, 0.2) is 0 Å². The molecule has 0 saturated carbocycles. The number of nitro groups is 1. The molecule has 0 amide bonds. The molecule has 7 nitrogen and oxygen atoms in total. The molecule has 0 fully saturated rings. The van der Waals surface area contributed by atoms with E-state index in [4.69, 9.17) is 5.73 Å². The molecule has 0 atom stereocenters. The topological polar surface area (TPSA) is 99.9 Å². The first-order valence-electron chi connectivity index (χ1n) is 5.17. The van der Waals surface area contributed by atoms with Gasteiger partial charge in [0, 0.05) is 18.6 Å². The minimum absolute atomic E-state index is 0.369. The van der Waals surface area contributed by atoms with Crippen molar-refractivity contribution in [2.75, 3.05) is 6.54 Å². The van der Waals surface area contributed by atoms with Crippen molar-refractivity contribution in [2.45, 2.75) is 6.42 Å². The van der Waals surface area contributed by atoms with Crippen LogP contribution in [0.4, 0.5) is 10.1 Å². The zero-order valence-electron chi connectivity index (χ0n) is 9.28. The Morgan fingerprint density at radius 1 is 1.50 bits per heavy atom. The third-order valence-corrected chi connectivity index (χ3v) is 2.33. The number of aromatic nitrogens is 3. The highest BCUT2D eigenvalue weighted by atomic mass is 19.1. The molecule has 0 aliphatic carbocycles. The molecule has 2 rings (SSSR count). The Balaban J connectivity index is 2.33. The molecule has 2 N–H and O–H groups in total. The van der Waals surface area contributed by atoms with Gasteiger partial charge in [-0.3, -0.25) is 10.1 Å². The van der Waals surface area contributed by atoms with E-state index in [-0.39, 0.29) is 0 Å². The lowest BCUT2D eigenvalue weighted by Gasteiger charge is -2.00. The molecular weight excluding hydrogens is 241 g/mol. The normalized spacial score (nSPS) is 10.6. The maximum atomic E-state index is 13.4. The highest BCUT2D eigenvalue weighted by Gasteiger charge is 2.14. The summed E-state index contributed by atoms with van der Waals surface area (Å²) in [5.41, 5.74) is 5.85. The number of benzene rings is 1. The van der Waals surface area contributed by atoms with Gasteiger partial charge >= 0.3 is 5.69 Å². The highest BCUT2D eigenvalue weighted by Crippen LogP contribution is 2.19. The average molecular weight is 251 g/mol. The number of nitrogens with two attached hydrogens (primary N) is 1. The molecule has 0 unspecified atom stereocenters. The summed E-state index contributed by atoms with van der Waals surface area (Å²) >= 11 is 0. The Kier molecular flexibility index (Phi) is 3.28. The van der Waals surface area contributed by atoms with Crippen molar-refractivity contribution in [3.8, 4) is 5.69 Å². The molecule has 0 aliphatic rings. The van der Waals surface area contributed by atoms with Crippen LogP contribution in [-0.4, -0.2) is 26.5 Å². The van der Waals surface area contributed by atoms with Crippen LogP contribution in [0.2, 0.25) is 0 Å². The summed E-state index contributed by atoms with van der Waals surface area (Å²) in [7, 11) is 0. The molecule has 0 aliphatic heterocycles. The fourth-order valence-electron chi connectivity index (χ4n) is 1.47. The van der Waals surface area contributed by atoms with Gasteiger partial charge in [-0.05, 0) is 12.6 Å². The second-order valence-electron chi connectivity index (χ2n) is 3.59. The van der Waals surface area contributed by atoms with Gasteiger partial charge in [-0.15, -0.1) is 5.10 Å². The Morgan fingerprint density at radius 3 is 2.89 bits per heavy atom. The number of nitro benzene ring substituents is 1. The number of hydrogen-bond donors (Lipinski definition) is 1. The van der Waals surface area contributed by atoms with Crippen LogP contribution in [0.1, 0.15) is 5.69 Å². The summed E-state index contributed by atoms with van der Waals surface area (Å²) in [6, 6.07) is 3.54. The molecule has 0 radical (unpaired) electrons. The van der Waals surface area contributed by atoms with E-state index in [2.05, 4.69) is 10.3 Å². The van der Waals surface area contributed by atoms with Crippen LogP contribution in [0, 0.1) is 15.9 Å². The first-order chi connectivity index (χ1) is 8.61. The van der Waals surface area contributed by atoms with Crippen LogP contribution >= 0.6 is 0 Å². The average Bonchev–Trinajstić information content (AvgIpc) is 2.77. The molecular formula is C10H10FN5O2.